The summed E-state index contributed by atoms with van der Waals surface area (Å²) in [6.45, 7) is 0. The first-order valence-corrected chi connectivity index (χ1v) is 5.29. The normalized spacial score (nSPS) is 10.2. The second-order valence-electron chi connectivity index (χ2n) is 3.73. The van der Waals surface area contributed by atoms with Gasteiger partial charge in [-0.15, -0.1) is 0 Å². The van der Waals surface area contributed by atoms with Crippen LogP contribution in [0.15, 0.2) is 36.5 Å². The summed E-state index contributed by atoms with van der Waals surface area (Å²) in [6, 6.07) is 6.53. The minimum absolute atomic E-state index is 0.190. The monoisotopic (exact) mass is 260 g/mol. The van der Waals surface area contributed by atoms with Crippen molar-refractivity contribution in [3.8, 4) is 0 Å². The van der Waals surface area contributed by atoms with E-state index in [4.69, 9.17) is 10.8 Å². The maximum Gasteiger partial charge on any atom is 0.340 e. The Kier molecular flexibility index (Phi) is 3.24. The van der Waals surface area contributed by atoms with Gasteiger partial charge < -0.3 is 10.8 Å². The summed E-state index contributed by atoms with van der Waals surface area (Å²) in [5, 5.41) is 9.05. The molecule has 0 radical (unpaired) electrons. The van der Waals surface area contributed by atoms with Gasteiger partial charge in [-0.2, -0.15) is 0 Å². The van der Waals surface area contributed by atoms with Gasteiger partial charge in [-0.1, -0.05) is 12.1 Å². The van der Waals surface area contributed by atoms with Gasteiger partial charge >= 0.3 is 5.97 Å². The third kappa shape index (κ3) is 2.28. The number of hydrogen-bond acceptors (Lipinski definition) is 4. The number of halogens is 1. The van der Waals surface area contributed by atoms with Crippen LogP contribution in [0, 0.1) is 5.82 Å². The fraction of sp³-hybridized carbons (Fsp3) is 0. The molecule has 0 unspecified atom stereocenters. The van der Waals surface area contributed by atoms with E-state index >= 15 is 0 Å². The third-order valence-electron chi connectivity index (χ3n) is 2.56. The highest BCUT2D eigenvalue weighted by atomic mass is 19.1. The number of carbonyl (C=O) groups is 2. The van der Waals surface area contributed by atoms with Crippen molar-refractivity contribution in [3.63, 3.8) is 0 Å². The van der Waals surface area contributed by atoms with Crippen molar-refractivity contribution < 1.29 is 19.1 Å². The third-order valence-corrected chi connectivity index (χ3v) is 2.56. The van der Waals surface area contributed by atoms with Crippen LogP contribution in [0.4, 0.5) is 10.2 Å². The molecule has 1 aromatic heterocycles. The van der Waals surface area contributed by atoms with Crippen LogP contribution in [-0.2, 0) is 0 Å². The summed E-state index contributed by atoms with van der Waals surface area (Å²) in [5.41, 5.74) is 4.62. The molecule has 2 aromatic rings. The van der Waals surface area contributed by atoms with Gasteiger partial charge in [0.2, 0.25) is 0 Å². The molecule has 6 heteroatoms. The molecule has 0 atom stereocenters. The predicted octanol–water partition coefficient (Wildman–Crippen LogP) is 1.73. The van der Waals surface area contributed by atoms with E-state index in [9.17, 15) is 14.0 Å². The second kappa shape index (κ2) is 4.85. The molecule has 0 spiro atoms. The summed E-state index contributed by atoms with van der Waals surface area (Å²) in [4.78, 5) is 26.9. The second-order valence-corrected chi connectivity index (χ2v) is 3.73. The van der Waals surface area contributed by atoms with Gasteiger partial charge in [-0.3, -0.25) is 4.79 Å². The van der Waals surface area contributed by atoms with Gasteiger partial charge in [0.1, 0.15) is 17.2 Å². The lowest BCUT2D eigenvalue weighted by molar-refractivity contribution is 0.0693. The van der Waals surface area contributed by atoms with Crippen LogP contribution in [0.5, 0.6) is 0 Å². The summed E-state index contributed by atoms with van der Waals surface area (Å²) >= 11 is 0. The standard InChI is InChI=1S/C13H9FN2O3/c14-9-4-2-1-3-7(9)11(17)8-5-6-16-12(15)10(8)13(18)19/h1-6H,(H2,15,16)(H,18,19). The van der Waals surface area contributed by atoms with Crippen molar-refractivity contribution in [2.24, 2.45) is 0 Å². The van der Waals surface area contributed by atoms with Gasteiger partial charge in [0.25, 0.3) is 0 Å². The van der Waals surface area contributed by atoms with Crippen molar-refractivity contribution in [2.75, 3.05) is 5.73 Å². The highest BCUT2D eigenvalue weighted by molar-refractivity contribution is 6.15. The number of carboxylic acids is 1. The van der Waals surface area contributed by atoms with Crippen LogP contribution in [-0.4, -0.2) is 21.8 Å². The highest BCUT2D eigenvalue weighted by Crippen LogP contribution is 2.20. The van der Waals surface area contributed by atoms with Crippen LogP contribution in [0.1, 0.15) is 26.3 Å². The Morgan fingerprint density at radius 1 is 1.16 bits per heavy atom. The molecule has 96 valence electrons. The van der Waals surface area contributed by atoms with E-state index in [-0.39, 0.29) is 16.9 Å². The molecule has 0 aliphatic carbocycles. The number of carboxylic acid groups (broad SMARTS) is 1. The molecule has 0 saturated carbocycles. The highest BCUT2D eigenvalue weighted by Gasteiger charge is 2.22. The Morgan fingerprint density at radius 2 is 1.84 bits per heavy atom. The summed E-state index contributed by atoms with van der Waals surface area (Å²) in [5.74, 6) is -3.14. The Morgan fingerprint density at radius 3 is 2.47 bits per heavy atom. The van der Waals surface area contributed by atoms with Crippen molar-refractivity contribution in [1.82, 2.24) is 4.98 Å². The first-order chi connectivity index (χ1) is 9.02. The Hall–Kier alpha value is -2.76. The molecule has 0 saturated heterocycles. The molecule has 5 nitrogen and oxygen atoms in total. The maximum absolute atomic E-state index is 13.5. The number of aromatic carboxylic acids is 1. The number of carbonyl (C=O) groups excluding carboxylic acids is 1. The molecular weight excluding hydrogens is 251 g/mol. The number of anilines is 1. The zero-order chi connectivity index (χ0) is 14.0. The molecule has 0 bridgehead atoms. The number of aromatic nitrogens is 1. The number of nitrogen functional groups attached to an aromatic ring is 1. The molecule has 1 aromatic carbocycles. The van der Waals surface area contributed by atoms with E-state index in [1.54, 1.807) is 0 Å². The first-order valence-electron chi connectivity index (χ1n) is 5.29. The average molecular weight is 260 g/mol. The van der Waals surface area contributed by atoms with Gasteiger partial charge in [0, 0.05) is 11.8 Å². The lowest BCUT2D eigenvalue weighted by Gasteiger charge is -2.07. The van der Waals surface area contributed by atoms with Crippen LogP contribution in [0.3, 0.4) is 0 Å². The molecule has 1 heterocycles. The van der Waals surface area contributed by atoms with Gasteiger partial charge in [-0.05, 0) is 18.2 Å². The van der Waals surface area contributed by atoms with Gasteiger partial charge in [-0.25, -0.2) is 14.2 Å². The molecule has 0 amide bonds. The van der Waals surface area contributed by atoms with Crippen molar-refractivity contribution in [3.05, 3.63) is 59.0 Å². The topological polar surface area (TPSA) is 93.3 Å². The SMILES string of the molecule is Nc1nccc(C(=O)c2ccccc2F)c1C(=O)O. The molecule has 0 aliphatic rings. The quantitative estimate of drug-likeness (QED) is 0.820. The average Bonchev–Trinajstić information content (AvgIpc) is 2.37. The maximum atomic E-state index is 13.5. The number of pyridine rings is 1. The molecule has 0 fully saturated rings. The largest absolute Gasteiger partial charge is 0.478 e. The van der Waals surface area contributed by atoms with Crippen molar-refractivity contribution in [2.45, 2.75) is 0 Å². The van der Waals surface area contributed by atoms with Gasteiger partial charge in [0.05, 0.1) is 5.56 Å². The van der Waals surface area contributed by atoms with E-state index in [1.165, 1.54) is 30.5 Å². The summed E-state index contributed by atoms with van der Waals surface area (Å²) < 4.78 is 13.5. The number of ketones is 1. The fourth-order valence-electron chi connectivity index (χ4n) is 1.68. The number of hydrogen-bond donors (Lipinski definition) is 2. The van der Waals surface area contributed by atoms with Crippen LogP contribution in [0.2, 0.25) is 0 Å². The Bertz CT molecular complexity index is 671. The van der Waals surface area contributed by atoms with Crippen molar-refractivity contribution >= 4 is 17.6 Å². The van der Waals surface area contributed by atoms with Crippen molar-refractivity contribution in [1.29, 1.82) is 0 Å². The molecule has 0 aliphatic heterocycles. The minimum Gasteiger partial charge on any atom is -0.478 e. The lowest BCUT2D eigenvalue weighted by atomic mass is 9.99. The number of nitrogens with two attached hydrogens (primary N) is 1. The number of benzene rings is 1. The molecule has 3 N–H and O–H groups in total. The zero-order valence-electron chi connectivity index (χ0n) is 9.63. The molecule has 2 rings (SSSR count). The number of nitrogens with zero attached hydrogens (tertiary/aromatic N) is 1. The van der Waals surface area contributed by atoms with E-state index in [0.29, 0.717) is 0 Å². The Balaban J connectivity index is 2.60. The van der Waals surface area contributed by atoms with Crippen LogP contribution >= 0.6 is 0 Å². The zero-order valence-corrected chi connectivity index (χ0v) is 9.63. The molecular formula is C13H9FN2O3. The first kappa shape index (κ1) is 12.7. The van der Waals surface area contributed by atoms with Crippen LogP contribution < -0.4 is 5.73 Å². The van der Waals surface area contributed by atoms with Crippen LogP contribution in [0.25, 0.3) is 0 Å². The van der Waals surface area contributed by atoms with E-state index in [0.717, 1.165) is 6.07 Å². The van der Waals surface area contributed by atoms with Gasteiger partial charge in [0.15, 0.2) is 5.78 Å². The lowest BCUT2D eigenvalue weighted by Crippen LogP contribution is -2.14. The fourth-order valence-corrected chi connectivity index (χ4v) is 1.68. The minimum atomic E-state index is -1.38. The summed E-state index contributed by atoms with van der Waals surface area (Å²) in [6.07, 6.45) is 1.20. The smallest absolute Gasteiger partial charge is 0.340 e. The van der Waals surface area contributed by atoms with E-state index in [1.807, 2.05) is 0 Å². The summed E-state index contributed by atoms with van der Waals surface area (Å²) in [7, 11) is 0. The Labute approximate surface area is 107 Å². The number of rotatable bonds is 3. The predicted molar refractivity (Wildman–Crippen MR) is 65.4 cm³/mol. The van der Waals surface area contributed by atoms with E-state index < -0.39 is 23.1 Å². The molecule has 19 heavy (non-hydrogen) atoms. The van der Waals surface area contributed by atoms with E-state index in [2.05, 4.69) is 4.98 Å².